The predicted octanol–water partition coefficient (Wildman–Crippen LogP) is 1.49. The van der Waals surface area contributed by atoms with Gasteiger partial charge in [-0.2, -0.15) is 11.8 Å². The molecule has 5 nitrogen and oxygen atoms in total. The van der Waals surface area contributed by atoms with Crippen molar-refractivity contribution >= 4 is 17.7 Å². The number of guanidine groups is 1. The van der Waals surface area contributed by atoms with E-state index in [1.54, 1.807) is 0 Å². The summed E-state index contributed by atoms with van der Waals surface area (Å²) in [5.41, 5.74) is 0. The molecule has 0 atom stereocenters. The number of ether oxygens (including phenoxy) is 2. The van der Waals surface area contributed by atoms with E-state index in [0.717, 1.165) is 71.2 Å². The van der Waals surface area contributed by atoms with Crippen molar-refractivity contribution < 1.29 is 9.47 Å². The van der Waals surface area contributed by atoms with Crippen molar-refractivity contribution in [2.75, 3.05) is 52.8 Å². The first-order valence-corrected chi connectivity index (χ1v) is 9.16. The number of aliphatic imine (C=N–C) groups is 1. The van der Waals surface area contributed by atoms with Crippen LogP contribution in [0.1, 0.15) is 25.7 Å². The Balaban J connectivity index is 1.73. The SMILES string of the molecule is CN=C(NCC1CCOCC1)NCC1(SC)CCOCC1. The minimum absolute atomic E-state index is 0.286. The molecule has 0 unspecified atom stereocenters. The maximum absolute atomic E-state index is 5.49. The van der Waals surface area contributed by atoms with E-state index in [1.165, 1.54) is 0 Å². The van der Waals surface area contributed by atoms with E-state index in [1.807, 2.05) is 18.8 Å². The lowest BCUT2D eigenvalue weighted by molar-refractivity contribution is 0.0675. The minimum atomic E-state index is 0.286. The minimum Gasteiger partial charge on any atom is -0.381 e. The Kier molecular flexibility index (Phi) is 7.13. The van der Waals surface area contributed by atoms with Crippen molar-refractivity contribution in [1.82, 2.24) is 10.6 Å². The molecule has 2 N–H and O–H groups in total. The monoisotopic (exact) mass is 315 g/mol. The van der Waals surface area contributed by atoms with Crippen LogP contribution in [0.5, 0.6) is 0 Å². The van der Waals surface area contributed by atoms with E-state index >= 15 is 0 Å². The van der Waals surface area contributed by atoms with Gasteiger partial charge in [-0.15, -0.1) is 0 Å². The van der Waals surface area contributed by atoms with Gasteiger partial charge < -0.3 is 20.1 Å². The van der Waals surface area contributed by atoms with Gasteiger partial charge in [0.05, 0.1) is 0 Å². The Labute approximate surface area is 132 Å². The van der Waals surface area contributed by atoms with Crippen LogP contribution >= 0.6 is 11.8 Å². The molecule has 0 amide bonds. The molecular formula is C15H29N3O2S. The van der Waals surface area contributed by atoms with Gasteiger partial charge in [0.25, 0.3) is 0 Å². The van der Waals surface area contributed by atoms with Crippen molar-refractivity contribution in [3.8, 4) is 0 Å². The highest BCUT2D eigenvalue weighted by molar-refractivity contribution is 8.00. The first kappa shape index (κ1) is 16.9. The van der Waals surface area contributed by atoms with E-state index in [0.29, 0.717) is 5.92 Å². The maximum atomic E-state index is 5.49. The maximum Gasteiger partial charge on any atom is 0.191 e. The molecule has 21 heavy (non-hydrogen) atoms. The highest BCUT2D eigenvalue weighted by Gasteiger charge is 2.31. The van der Waals surface area contributed by atoms with Gasteiger partial charge in [0.15, 0.2) is 5.96 Å². The molecule has 0 aliphatic carbocycles. The Bertz CT molecular complexity index is 327. The molecular weight excluding hydrogens is 286 g/mol. The van der Waals surface area contributed by atoms with Gasteiger partial charge in [-0.1, -0.05) is 0 Å². The van der Waals surface area contributed by atoms with Gasteiger partial charge in [-0.3, -0.25) is 4.99 Å². The van der Waals surface area contributed by atoms with Crippen LogP contribution in [0.25, 0.3) is 0 Å². The van der Waals surface area contributed by atoms with Crippen molar-refractivity contribution in [2.24, 2.45) is 10.9 Å². The Hall–Kier alpha value is -0.460. The van der Waals surface area contributed by atoms with E-state index in [9.17, 15) is 0 Å². The summed E-state index contributed by atoms with van der Waals surface area (Å²) < 4.78 is 11.2. The van der Waals surface area contributed by atoms with Gasteiger partial charge in [0.1, 0.15) is 0 Å². The third kappa shape index (κ3) is 5.34. The van der Waals surface area contributed by atoms with Crippen LogP contribution in [0, 0.1) is 5.92 Å². The van der Waals surface area contributed by atoms with Crippen LogP contribution in [0.3, 0.4) is 0 Å². The third-order valence-corrected chi connectivity index (χ3v) is 5.96. The zero-order valence-corrected chi connectivity index (χ0v) is 14.1. The molecule has 2 aliphatic rings. The number of thioether (sulfide) groups is 1. The Morgan fingerprint density at radius 1 is 1.14 bits per heavy atom. The second-order valence-electron chi connectivity index (χ2n) is 5.86. The molecule has 2 rings (SSSR count). The van der Waals surface area contributed by atoms with Crippen molar-refractivity contribution in [1.29, 1.82) is 0 Å². The molecule has 122 valence electrons. The average Bonchev–Trinajstić information content (AvgIpc) is 2.57. The van der Waals surface area contributed by atoms with Gasteiger partial charge in [-0.05, 0) is 37.9 Å². The quantitative estimate of drug-likeness (QED) is 0.595. The van der Waals surface area contributed by atoms with Crippen LogP contribution in [-0.4, -0.2) is 63.5 Å². The molecule has 0 saturated carbocycles. The zero-order valence-electron chi connectivity index (χ0n) is 13.3. The fourth-order valence-electron chi connectivity index (χ4n) is 2.85. The molecule has 2 saturated heterocycles. The number of hydrogen-bond acceptors (Lipinski definition) is 4. The predicted molar refractivity (Wildman–Crippen MR) is 89.2 cm³/mol. The van der Waals surface area contributed by atoms with Crippen molar-refractivity contribution in [3.63, 3.8) is 0 Å². The summed E-state index contributed by atoms with van der Waals surface area (Å²) in [7, 11) is 1.84. The summed E-state index contributed by atoms with van der Waals surface area (Å²) >= 11 is 1.95. The second-order valence-corrected chi connectivity index (χ2v) is 7.14. The Morgan fingerprint density at radius 3 is 2.43 bits per heavy atom. The number of hydrogen-bond donors (Lipinski definition) is 2. The number of rotatable bonds is 5. The molecule has 0 bridgehead atoms. The first-order valence-electron chi connectivity index (χ1n) is 7.93. The van der Waals surface area contributed by atoms with Gasteiger partial charge in [0.2, 0.25) is 0 Å². The summed E-state index contributed by atoms with van der Waals surface area (Å²) in [6.45, 7) is 5.47. The molecule has 2 aliphatic heterocycles. The van der Waals surface area contributed by atoms with E-state index in [4.69, 9.17) is 9.47 Å². The van der Waals surface area contributed by atoms with Gasteiger partial charge >= 0.3 is 0 Å². The molecule has 0 aromatic carbocycles. The smallest absolute Gasteiger partial charge is 0.191 e. The van der Waals surface area contributed by atoms with E-state index < -0.39 is 0 Å². The normalized spacial score (nSPS) is 23.8. The molecule has 0 radical (unpaired) electrons. The number of nitrogens with one attached hydrogen (secondary N) is 2. The summed E-state index contributed by atoms with van der Waals surface area (Å²) in [5.74, 6) is 1.62. The van der Waals surface area contributed by atoms with Crippen LogP contribution in [0.2, 0.25) is 0 Å². The second kappa shape index (κ2) is 8.86. The topological polar surface area (TPSA) is 54.9 Å². The Morgan fingerprint density at radius 2 is 1.81 bits per heavy atom. The number of nitrogens with zero attached hydrogens (tertiary/aromatic N) is 1. The lowest BCUT2D eigenvalue weighted by Crippen LogP contribution is -2.48. The van der Waals surface area contributed by atoms with E-state index in [-0.39, 0.29) is 4.75 Å². The lowest BCUT2D eigenvalue weighted by Gasteiger charge is -2.36. The van der Waals surface area contributed by atoms with Crippen molar-refractivity contribution in [2.45, 2.75) is 30.4 Å². The highest BCUT2D eigenvalue weighted by atomic mass is 32.2. The molecule has 6 heteroatoms. The lowest BCUT2D eigenvalue weighted by atomic mass is 9.99. The highest BCUT2D eigenvalue weighted by Crippen LogP contribution is 2.32. The molecule has 0 aromatic heterocycles. The fourth-order valence-corrected chi connectivity index (χ4v) is 3.64. The summed E-state index contributed by atoms with van der Waals surface area (Å²) in [4.78, 5) is 4.34. The molecule has 0 aromatic rings. The van der Waals surface area contributed by atoms with Gasteiger partial charge in [0, 0.05) is 51.3 Å². The summed E-state index contributed by atoms with van der Waals surface area (Å²) in [6.07, 6.45) is 6.72. The third-order valence-electron chi connectivity index (χ3n) is 4.54. The standard InChI is InChI=1S/C15H29N3O2S/c1-16-14(17-11-13-3-7-19-8-4-13)18-12-15(21-2)5-9-20-10-6-15/h13H,3-12H2,1-2H3,(H2,16,17,18). The van der Waals surface area contributed by atoms with E-state index in [2.05, 4.69) is 21.9 Å². The largest absolute Gasteiger partial charge is 0.381 e. The molecule has 0 spiro atoms. The fraction of sp³-hybridized carbons (Fsp3) is 0.933. The van der Waals surface area contributed by atoms with Crippen molar-refractivity contribution in [3.05, 3.63) is 0 Å². The summed E-state index contributed by atoms with van der Waals surface area (Å²) in [6, 6.07) is 0. The molecule has 2 fully saturated rings. The van der Waals surface area contributed by atoms with Crippen LogP contribution < -0.4 is 10.6 Å². The summed E-state index contributed by atoms with van der Waals surface area (Å²) in [5, 5.41) is 6.96. The van der Waals surface area contributed by atoms with Crippen LogP contribution in [0.4, 0.5) is 0 Å². The average molecular weight is 315 g/mol. The van der Waals surface area contributed by atoms with Gasteiger partial charge in [-0.25, -0.2) is 0 Å². The van der Waals surface area contributed by atoms with Crippen LogP contribution in [-0.2, 0) is 9.47 Å². The van der Waals surface area contributed by atoms with Crippen LogP contribution in [0.15, 0.2) is 4.99 Å². The first-order chi connectivity index (χ1) is 10.3. The molecule has 2 heterocycles. The zero-order chi connectivity index (χ0) is 15.0.